The van der Waals surface area contributed by atoms with Gasteiger partial charge in [0.15, 0.2) is 5.82 Å². The molecule has 1 unspecified atom stereocenters. The fourth-order valence-electron chi connectivity index (χ4n) is 8.63. The highest BCUT2D eigenvalue weighted by atomic mass is 35.5. The number of hydrogen-bond donors (Lipinski definition) is 0. The van der Waals surface area contributed by atoms with Crippen LogP contribution in [0.25, 0.3) is 32.9 Å². The minimum absolute atomic E-state index is 0.0240. The summed E-state index contributed by atoms with van der Waals surface area (Å²) in [4.78, 5) is 36.1. The number of rotatable bonds is 6. The van der Waals surface area contributed by atoms with E-state index in [0.717, 1.165) is 75.4 Å². The Morgan fingerprint density at radius 1 is 1.08 bits per heavy atom. The minimum atomic E-state index is -0.554. The van der Waals surface area contributed by atoms with Gasteiger partial charge in [0, 0.05) is 48.3 Å². The Balaban J connectivity index is 1.14. The molecule has 0 N–H and O–H groups in total. The molecule has 2 atom stereocenters. The zero-order chi connectivity index (χ0) is 34.6. The predicted molar refractivity (Wildman–Crippen MR) is 195 cm³/mol. The van der Waals surface area contributed by atoms with Crippen LogP contribution < -0.4 is 9.64 Å². The Bertz CT molecular complexity index is 2030. The normalized spacial score (nSPS) is 23.4. The van der Waals surface area contributed by atoms with E-state index >= 15 is 4.39 Å². The van der Waals surface area contributed by atoms with Crippen LogP contribution in [0, 0.1) is 17.7 Å². The fourth-order valence-corrected chi connectivity index (χ4v) is 8.92. The third-order valence-electron chi connectivity index (χ3n) is 11.8. The lowest BCUT2D eigenvalue weighted by Crippen LogP contribution is -2.43. The molecular formula is C39H43ClFN7O2. The molecule has 11 heteroatoms. The van der Waals surface area contributed by atoms with Gasteiger partial charge < -0.3 is 14.5 Å². The Labute approximate surface area is 297 Å². The van der Waals surface area contributed by atoms with Crippen LogP contribution in [0.4, 0.5) is 10.2 Å². The van der Waals surface area contributed by atoms with Crippen LogP contribution in [0.3, 0.4) is 0 Å². The first-order chi connectivity index (χ1) is 24.2. The lowest BCUT2D eigenvalue weighted by molar-refractivity contribution is -0.124. The van der Waals surface area contributed by atoms with Crippen molar-refractivity contribution in [1.29, 1.82) is 0 Å². The van der Waals surface area contributed by atoms with Gasteiger partial charge in [0.2, 0.25) is 0 Å². The molecule has 4 fully saturated rings. The van der Waals surface area contributed by atoms with Crippen LogP contribution in [-0.4, -0.2) is 106 Å². The van der Waals surface area contributed by atoms with Crippen molar-refractivity contribution in [3.8, 4) is 29.1 Å². The Kier molecular flexibility index (Phi) is 8.57. The molecule has 0 aliphatic carbocycles. The number of nitrogens with zero attached hydrogens (tertiary/aromatic N) is 7. The van der Waals surface area contributed by atoms with Crippen LogP contribution >= 0.6 is 11.6 Å². The Morgan fingerprint density at radius 2 is 1.84 bits per heavy atom. The summed E-state index contributed by atoms with van der Waals surface area (Å²) in [5.41, 5.74) is 0.609. The van der Waals surface area contributed by atoms with Crippen LogP contribution in [-0.2, 0) is 4.79 Å². The SMILES string of the molecule is CN(c1nc(OCC23CCCN2CCC3)nc2c(F)c(-c3cccc4cccc(Cl)c34)ncc12)C1CCN(C(=O)C#C[C@]2(C)CCCN2C)C1. The van der Waals surface area contributed by atoms with Gasteiger partial charge in [-0.3, -0.25) is 19.6 Å². The number of likely N-dealkylation sites (tertiary alicyclic amines) is 2. The van der Waals surface area contributed by atoms with E-state index in [4.69, 9.17) is 26.3 Å². The van der Waals surface area contributed by atoms with E-state index in [1.54, 1.807) is 12.3 Å². The summed E-state index contributed by atoms with van der Waals surface area (Å²) in [6, 6.07) is 11.4. The number of likely N-dealkylation sites (N-methyl/N-ethyl adjacent to an activating group) is 1. The molecule has 0 radical (unpaired) electrons. The molecule has 0 saturated carbocycles. The summed E-state index contributed by atoms with van der Waals surface area (Å²) in [5, 5.41) is 2.64. The maximum absolute atomic E-state index is 16.9. The van der Waals surface area contributed by atoms with Gasteiger partial charge in [0.1, 0.15) is 23.6 Å². The molecule has 1 amide bonds. The topological polar surface area (TPSA) is 77.9 Å². The number of ether oxygens (including phenoxy) is 1. The number of anilines is 1. The van der Waals surface area contributed by atoms with Gasteiger partial charge in [-0.1, -0.05) is 47.9 Å². The number of hydrogen-bond acceptors (Lipinski definition) is 8. The van der Waals surface area contributed by atoms with Gasteiger partial charge in [-0.25, -0.2) is 4.39 Å². The number of pyridine rings is 1. The zero-order valence-corrected chi connectivity index (χ0v) is 29.8. The van der Waals surface area contributed by atoms with E-state index in [9.17, 15) is 4.79 Å². The number of halogens is 2. The first kappa shape index (κ1) is 33.1. The third-order valence-corrected chi connectivity index (χ3v) is 12.1. The predicted octanol–water partition coefficient (Wildman–Crippen LogP) is 6.17. The number of aromatic nitrogens is 3. The van der Waals surface area contributed by atoms with Crippen molar-refractivity contribution in [2.24, 2.45) is 0 Å². The largest absolute Gasteiger partial charge is 0.461 e. The monoisotopic (exact) mass is 695 g/mol. The van der Waals surface area contributed by atoms with E-state index in [1.807, 2.05) is 47.2 Å². The molecule has 4 aliphatic rings. The smallest absolute Gasteiger partial charge is 0.319 e. The second kappa shape index (κ2) is 12.9. The molecule has 50 heavy (non-hydrogen) atoms. The number of fused-ring (bicyclic) bond motifs is 3. The van der Waals surface area contributed by atoms with Crippen molar-refractivity contribution in [2.75, 3.05) is 58.3 Å². The van der Waals surface area contributed by atoms with E-state index in [1.165, 1.54) is 0 Å². The average Bonchev–Trinajstić information content (AvgIpc) is 3.91. The van der Waals surface area contributed by atoms with Crippen molar-refractivity contribution in [1.82, 2.24) is 29.7 Å². The zero-order valence-electron chi connectivity index (χ0n) is 29.0. The Morgan fingerprint density at radius 3 is 2.60 bits per heavy atom. The third kappa shape index (κ3) is 5.73. The van der Waals surface area contributed by atoms with Crippen molar-refractivity contribution >= 4 is 45.0 Å². The van der Waals surface area contributed by atoms with Gasteiger partial charge in [-0.2, -0.15) is 9.97 Å². The fraction of sp³-hybridized carbons (Fsp3) is 0.487. The number of carbonyl (C=O) groups excluding carboxylic acids is 1. The van der Waals surface area contributed by atoms with Crippen molar-refractivity contribution in [3.05, 3.63) is 53.4 Å². The summed E-state index contributed by atoms with van der Waals surface area (Å²) in [7, 11) is 4.00. The molecule has 4 aromatic rings. The lowest BCUT2D eigenvalue weighted by Gasteiger charge is -2.31. The molecule has 4 aliphatic heterocycles. The number of benzene rings is 2. The summed E-state index contributed by atoms with van der Waals surface area (Å²) < 4.78 is 23.3. The number of carbonyl (C=O) groups is 1. The summed E-state index contributed by atoms with van der Waals surface area (Å²) in [6.45, 7) is 6.76. The summed E-state index contributed by atoms with van der Waals surface area (Å²) >= 11 is 6.65. The average molecular weight is 696 g/mol. The van der Waals surface area contributed by atoms with Crippen molar-refractivity contribution in [2.45, 2.75) is 69.0 Å². The molecule has 0 bridgehead atoms. The minimum Gasteiger partial charge on any atom is -0.461 e. The van der Waals surface area contributed by atoms with E-state index in [0.29, 0.717) is 41.5 Å². The molecule has 2 aromatic carbocycles. The maximum atomic E-state index is 16.9. The first-order valence-corrected chi connectivity index (χ1v) is 18.2. The van der Waals surface area contributed by atoms with Crippen molar-refractivity contribution in [3.63, 3.8) is 0 Å². The van der Waals surface area contributed by atoms with Crippen LogP contribution in [0.1, 0.15) is 51.9 Å². The van der Waals surface area contributed by atoms with E-state index < -0.39 is 5.82 Å². The molecule has 0 spiro atoms. The Hall–Kier alpha value is -4.04. The van der Waals surface area contributed by atoms with E-state index in [-0.39, 0.29) is 40.2 Å². The van der Waals surface area contributed by atoms with Gasteiger partial charge in [-0.15, -0.1) is 0 Å². The van der Waals surface area contributed by atoms with Crippen LogP contribution in [0.5, 0.6) is 6.01 Å². The quantitative estimate of drug-likeness (QED) is 0.222. The summed E-state index contributed by atoms with van der Waals surface area (Å²) in [5.74, 6) is 6.00. The molecule has 6 heterocycles. The van der Waals surface area contributed by atoms with Gasteiger partial charge in [0.25, 0.3) is 5.91 Å². The standard InChI is InChI=1S/C39H43ClFN7O2/c1-38(15-6-19-45(38)2)18-13-31(49)47-22-14-27(24-47)46(3)36-29-23-42-34(28-11-4-9-26-10-5-12-30(40)32(26)28)33(41)35(29)43-37(44-36)50-25-39-16-7-20-48(39)21-8-17-39/h4-5,9-12,23,27H,6-8,14-17,19-22,24-25H2,1-3H3/t27?,38-/m0/s1. The maximum Gasteiger partial charge on any atom is 0.319 e. The number of amides is 1. The first-order valence-electron chi connectivity index (χ1n) is 17.8. The highest BCUT2D eigenvalue weighted by molar-refractivity contribution is 6.36. The molecule has 2 aromatic heterocycles. The van der Waals surface area contributed by atoms with Gasteiger partial charge in [-0.05, 0) is 95.9 Å². The van der Waals surface area contributed by atoms with Gasteiger partial charge in [0.05, 0.1) is 16.5 Å². The molecule has 4 saturated heterocycles. The van der Waals surface area contributed by atoms with Crippen LogP contribution in [0.2, 0.25) is 5.02 Å². The molecule has 9 nitrogen and oxygen atoms in total. The highest BCUT2D eigenvalue weighted by Gasteiger charge is 2.45. The lowest BCUT2D eigenvalue weighted by atomic mass is 9.95. The molecule has 8 rings (SSSR count). The van der Waals surface area contributed by atoms with Crippen LogP contribution in [0.15, 0.2) is 42.6 Å². The highest BCUT2D eigenvalue weighted by Crippen LogP contribution is 2.41. The molecule has 260 valence electrons. The second-order valence-electron chi connectivity index (χ2n) is 14.7. The van der Waals surface area contributed by atoms with Crippen molar-refractivity contribution < 1.29 is 13.9 Å². The van der Waals surface area contributed by atoms with E-state index in [2.05, 4.69) is 40.6 Å². The molecular weight excluding hydrogens is 653 g/mol. The van der Waals surface area contributed by atoms with Gasteiger partial charge >= 0.3 is 6.01 Å². The summed E-state index contributed by atoms with van der Waals surface area (Å²) in [6.07, 6.45) is 8.84. The second-order valence-corrected chi connectivity index (χ2v) is 15.1.